The highest BCUT2D eigenvalue weighted by Gasteiger charge is 2.22. The summed E-state index contributed by atoms with van der Waals surface area (Å²) < 4.78 is 6.65. The quantitative estimate of drug-likeness (QED) is 0.524. The van der Waals surface area contributed by atoms with Crippen molar-refractivity contribution in [2.24, 2.45) is 0 Å². The SMILES string of the molecule is CC(C)(C)c1nc(CSc2nnc(-c3ccc(Cl)cc3Cl)n2N)no1. The number of thioether (sulfide) groups is 1. The molecule has 0 aliphatic heterocycles. The molecule has 2 aromatic heterocycles. The first-order valence-corrected chi connectivity index (χ1v) is 9.11. The van der Waals surface area contributed by atoms with E-state index in [4.69, 9.17) is 33.6 Å². The minimum atomic E-state index is -0.192. The van der Waals surface area contributed by atoms with Crippen LogP contribution in [0, 0.1) is 0 Å². The highest BCUT2D eigenvalue weighted by atomic mass is 35.5. The van der Waals surface area contributed by atoms with Crippen LogP contribution < -0.4 is 5.84 Å². The number of hydrogen-bond acceptors (Lipinski definition) is 7. The van der Waals surface area contributed by atoms with E-state index in [9.17, 15) is 0 Å². The Bertz CT molecular complexity index is 902. The predicted octanol–water partition coefficient (Wildman–Crippen LogP) is 3.94. The first-order chi connectivity index (χ1) is 11.8. The van der Waals surface area contributed by atoms with E-state index in [0.29, 0.717) is 44.1 Å². The van der Waals surface area contributed by atoms with Gasteiger partial charge in [-0.05, 0) is 18.2 Å². The van der Waals surface area contributed by atoms with Crippen molar-refractivity contribution in [1.29, 1.82) is 0 Å². The minimum Gasteiger partial charge on any atom is -0.339 e. The fraction of sp³-hybridized carbons (Fsp3) is 0.333. The summed E-state index contributed by atoms with van der Waals surface area (Å²) in [7, 11) is 0. The lowest BCUT2D eigenvalue weighted by molar-refractivity contribution is 0.319. The summed E-state index contributed by atoms with van der Waals surface area (Å²) in [5, 5.41) is 13.7. The van der Waals surface area contributed by atoms with Crippen LogP contribution in [0.25, 0.3) is 11.4 Å². The van der Waals surface area contributed by atoms with Crippen LogP contribution in [0.15, 0.2) is 27.9 Å². The van der Waals surface area contributed by atoms with Crippen molar-refractivity contribution in [3.8, 4) is 11.4 Å². The molecule has 0 spiro atoms. The van der Waals surface area contributed by atoms with Crippen LogP contribution in [-0.4, -0.2) is 25.0 Å². The Morgan fingerprint density at radius 3 is 2.64 bits per heavy atom. The molecule has 0 saturated heterocycles. The fourth-order valence-electron chi connectivity index (χ4n) is 1.98. The van der Waals surface area contributed by atoms with Crippen LogP contribution in [0.4, 0.5) is 0 Å². The van der Waals surface area contributed by atoms with Gasteiger partial charge in [0.05, 0.1) is 10.8 Å². The van der Waals surface area contributed by atoms with Crippen LogP contribution in [0.5, 0.6) is 0 Å². The van der Waals surface area contributed by atoms with Gasteiger partial charge in [0.15, 0.2) is 11.6 Å². The molecular formula is C15H16Cl2N6OS. The number of aromatic nitrogens is 5. The number of halogens is 2. The molecule has 0 saturated carbocycles. The van der Waals surface area contributed by atoms with E-state index in [-0.39, 0.29) is 5.41 Å². The summed E-state index contributed by atoms with van der Waals surface area (Å²) in [6.07, 6.45) is 0. The number of nitrogens with zero attached hydrogens (tertiary/aromatic N) is 5. The van der Waals surface area contributed by atoms with Crippen LogP contribution in [-0.2, 0) is 11.2 Å². The van der Waals surface area contributed by atoms with Gasteiger partial charge in [-0.25, -0.2) is 4.68 Å². The van der Waals surface area contributed by atoms with Crippen molar-refractivity contribution < 1.29 is 4.52 Å². The van der Waals surface area contributed by atoms with Gasteiger partial charge in [-0.15, -0.1) is 10.2 Å². The second-order valence-electron chi connectivity index (χ2n) is 6.35. The van der Waals surface area contributed by atoms with Crippen molar-refractivity contribution in [3.05, 3.63) is 40.0 Å². The Morgan fingerprint density at radius 2 is 2.00 bits per heavy atom. The zero-order valence-corrected chi connectivity index (χ0v) is 16.2. The molecule has 2 N–H and O–H groups in total. The van der Waals surface area contributed by atoms with E-state index < -0.39 is 0 Å². The molecule has 3 aromatic rings. The molecule has 132 valence electrons. The monoisotopic (exact) mass is 398 g/mol. The van der Waals surface area contributed by atoms with Gasteiger partial charge >= 0.3 is 0 Å². The standard InChI is InChI=1S/C15H16Cl2N6OS/c1-15(2,3)13-19-11(22-24-13)7-25-14-21-20-12(23(14)18)9-5-4-8(16)6-10(9)17/h4-6H,7,18H2,1-3H3. The minimum absolute atomic E-state index is 0.192. The molecule has 0 bridgehead atoms. The third-order valence-corrected chi connectivity index (χ3v) is 4.76. The molecule has 0 aliphatic carbocycles. The lowest BCUT2D eigenvalue weighted by Gasteiger charge is -2.10. The second-order valence-corrected chi connectivity index (χ2v) is 8.14. The Morgan fingerprint density at radius 1 is 1.24 bits per heavy atom. The molecule has 0 fully saturated rings. The first-order valence-electron chi connectivity index (χ1n) is 7.37. The number of benzene rings is 1. The molecule has 0 amide bonds. The molecule has 0 radical (unpaired) electrons. The highest BCUT2D eigenvalue weighted by molar-refractivity contribution is 7.98. The number of nitrogen functional groups attached to an aromatic ring is 1. The van der Waals surface area contributed by atoms with E-state index in [0.717, 1.165) is 0 Å². The second kappa shape index (κ2) is 6.86. The van der Waals surface area contributed by atoms with Gasteiger partial charge in [-0.1, -0.05) is 60.9 Å². The van der Waals surface area contributed by atoms with Crippen LogP contribution >= 0.6 is 35.0 Å². The van der Waals surface area contributed by atoms with Crippen molar-refractivity contribution >= 4 is 35.0 Å². The van der Waals surface area contributed by atoms with Gasteiger partial charge in [0, 0.05) is 16.0 Å². The van der Waals surface area contributed by atoms with Gasteiger partial charge in [-0.2, -0.15) is 4.98 Å². The Kier molecular flexibility index (Phi) is 4.95. The van der Waals surface area contributed by atoms with Crippen molar-refractivity contribution in [2.75, 3.05) is 5.84 Å². The molecule has 1 aromatic carbocycles. The average Bonchev–Trinajstić information content (AvgIpc) is 3.13. The van der Waals surface area contributed by atoms with Crippen molar-refractivity contribution in [1.82, 2.24) is 25.0 Å². The molecule has 0 aliphatic rings. The maximum Gasteiger partial charge on any atom is 0.232 e. The zero-order valence-electron chi connectivity index (χ0n) is 13.8. The summed E-state index contributed by atoms with van der Waals surface area (Å²) >= 11 is 13.5. The lowest BCUT2D eigenvalue weighted by Crippen LogP contribution is -2.12. The van der Waals surface area contributed by atoms with E-state index in [2.05, 4.69) is 20.3 Å². The summed E-state index contributed by atoms with van der Waals surface area (Å²) in [6.45, 7) is 6.03. The van der Waals surface area contributed by atoms with Gasteiger partial charge in [-0.3, -0.25) is 0 Å². The van der Waals surface area contributed by atoms with E-state index in [1.807, 2.05) is 20.8 Å². The maximum atomic E-state index is 6.20. The third kappa shape index (κ3) is 3.91. The number of nitrogens with two attached hydrogens (primary N) is 1. The summed E-state index contributed by atoms with van der Waals surface area (Å²) in [5.74, 6) is 8.17. The van der Waals surface area contributed by atoms with Crippen LogP contribution in [0.3, 0.4) is 0 Å². The van der Waals surface area contributed by atoms with Crippen LogP contribution in [0.1, 0.15) is 32.5 Å². The molecule has 0 atom stereocenters. The molecule has 10 heteroatoms. The molecule has 3 rings (SSSR count). The van der Waals surface area contributed by atoms with E-state index in [1.165, 1.54) is 16.4 Å². The van der Waals surface area contributed by atoms with E-state index >= 15 is 0 Å². The molecule has 25 heavy (non-hydrogen) atoms. The zero-order chi connectivity index (χ0) is 18.2. The highest BCUT2D eigenvalue weighted by Crippen LogP contribution is 2.31. The van der Waals surface area contributed by atoms with Gasteiger partial charge in [0.1, 0.15) is 0 Å². The molecule has 0 unspecified atom stereocenters. The Balaban J connectivity index is 1.77. The predicted molar refractivity (Wildman–Crippen MR) is 98.2 cm³/mol. The van der Waals surface area contributed by atoms with Gasteiger partial charge in [0.25, 0.3) is 0 Å². The first kappa shape index (κ1) is 18.0. The topological polar surface area (TPSA) is 95.7 Å². The summed E-state index contributed by atoms with van der Waals surface area (Å²) in [6, 6.07) is 5.10. The average molecular weight is 399 g/mol. The summed E-state index contributed by atoms with van der Waals surface area (Å²) in [4.78, 5) is 4.38. The fourth-order valence-corrected chi connectivity index (χ4v) is 3.17. The Hall–Kier alpha value is -1.77. The largest absolute Gasteiger partial charge is 0.339 e. The van der Waals surface area contributed by atoms with Crippen molar-refractivity contribution in [2.45, 2.75) is 37.1 Å². The van der Waals surface area contributed by atoms with Gasteiger partial charge < -0.3 is 10.4 Å². The molecule has 7 nitrogen and oxygen atoms in total. The van der Waals surface area contributed by atoms with Crippen LogP contribution in [0.2, 0.25) is 10.0 Å². The smallest absolute Gasteiger partial charge is 0.232 e. The number of rotatable bonds is 4. The lowest BCUT2D eigenvalue weighted by atomic mass is 9.97. The normalized spacial score (nSPS) is 11.9. The molecule has 2 heterocycles. The van der Waals surface area contributed by atoms with Crippen molar-refractivity contribution in [3.63, 3.8) is 0 Å². The Labute approximate surface area is 158 Å². The number of hydrogen-bond donors (Lipinski definition) is 1. The van der Waals surface area contributed by atoms with E-state index in [1.54, 1.807) is 18.2 Å². The third-order valence-electron chi connectivity index (χ3n) is 3.28. The molecular weight excluding hydrogens is 383 g/mol. The maximum absolute atomic E-state index is 6.20. The van der Waals surface area contributed by atoms with Gasteiger partial charge in [0.2, 0.25) is 11.0 Å². The summed E-state index contributed by atoms with van der Waals surface area (Å²) in [5.41, 5.74) is 0.463.